The number of hydrogen-bond donors (Lipinski definition) is 2. The van der Waals surface area contributed by atoms with Crippen molar-refractivity contribution in [2.75, 3.05) is 20.3 Å². The molecule has 10 heteroatoms. The second-order valence-electron chi connectivity index (χ2n) is 10.3. The van der Waals surface area contributed by atoms with Crippen molar-refractivity contribution >= 4 is 17.8 Å². The van der Waals surface area contributed by atoms with Crippen molar-refractivity contribution in [3.8, 4) is 23.0 Å². The average Bonchev–Trinajstić information content (AvgIpc) is 2.97. The zero-order valence-electron chi connectivity index (χ0n) is 25.8. The largest absolute Gasteiger partial charge is 0.494 e. The molecule has 2 amide bonds. The second kappa shape index (κ2) is 15.6. The Kier molecular flexibility index (Phi) is 11.9. The van der Waals surface area contributed by atoms with Gasteiger partial charge in [-0.05, 0) is 62.1 Å². The van der Waals surface area contributed by atoms with E-state index in [1.807, 2.05) is 83.1 Å². The Balaban J connectivity index is 1.88. The van der Waals surface area contributed by atoms with E-state index in [4.69, 9.17) is 18.9 Å². The minimum absolute atomic E-state index is 0.114. The van der Waals surface area contributed by atoms with Crippen molar-refractivity contribution in [1.29, 1.82) is 0 Å². The van der Waals surface area contributed by atoms with Crippen molar-refractivity contribution in [1.82, 2.24) is 15.6 Å². The van der Waals surface area contributed by atoms with E-state index in [1.54, 1.807) is 0 Å². The second-order valence-corrected chi connectivity index (χ2v) is 10.3. The van der Waals surface area contributed by atoms with Gasteiger partial charge in [0.1, 0.15) is 17.5 Å². The average molecular weight is 592 g/mol. The van der Waals surface area contributed by atoms with Crippen molar-refractivity contribution < 1.29 is 33.3 Å². The molecule has 2 aromatic carbocycles. The summed E-state index contributed by atoms with van der Waals surface area (Å²) in [4.78, 5) is 42.8. The van der Waals surface area contributed by atoms with Crippen LogP contribution in [0.3, 0.4) is 0 Å². The van der Waals surface area contributed by atoms with Crippen molar-refractivity contribution in [3.63, 3.8) is 0 Å². The van der Waals surface area contributed by atoms with Gasteiger partial charge in [0.25, 0.3) is 5.91 Å². The van der Waals surface area contributed by atoms with Crippen molar-refractivity contribution in [3.05, 3.63) is 77.6 Å². The van der Waals surface area contributed by atoms with E-state index >= 15 is 0 Å². The zero-order valence-corrected chi connectivity index (χ0v) is 25.8. The van der Waals surface area contributed by atoms with Crippen LogP contribution < -0.4 is 29.6 Å². The molecule has 2 N–H and O–H groups in total. The van der Waals surface area contributed by atoms with Crippen LogP contribution in [-0.4, -0.2) is 55.2 Å². The van der Waals surface area contributed by atoms with E-state index in [0.29, 0.717) is 13.2 Å². The van der Waals surface area contributed by atoms with Crippen LogP contribution in [0.25, 0.3) is 0 Å². The van der Waals surface area contributed by atoms with Gasteiger partial charge in [-0.15, -0.1) is 0 Å². The number of benzene rings is 2. The molecule has 0 bridgehead atoms. The third kappa shape index (κ3) is 8.70. The topological polar surface area (TPSA) is 125 Å². The first-order chi connectivity index (χ1) is 20.6. The number of carbonyl (C=O) groups excluding carboxylic acids is 3. The molecule has 1 heterocycles. The Hall–Kier alpha value is -4.60. The lowest BCUT2D eigenvalue weighted by Gasteiger charge is -2.29. The lowest BCUT2D eigenvalue weighted by Crippen LogP contribution is -2.52. The highest BCUT2D eigenvalue weighted by Gasteiger charge is 2.31. The van der Waals surface area contributed by atoms with Crippen LogP contribution in [0.2, 0.25) is 0 Å². The highest BCUT2D eigenvalue weighted by atomic mass is 16.6. The molecule has 1 aromatic heterocycles. The molecular weight excluding hydrogens is 550 g/mol. The Morgan fingerprint density at radius 2 is 1.35 bits per heavy atom. The van der Waals surface area contributed by atoms with Crippen LogP contribution in [0, 0.1) is 5.92 Å². The summed E-state index contributed by atoms with van der Waals surface area (Å²) in [5, 5.41) is 5.89. The molecule has 0 aliphatic rings. The van der Waals surface area contributed by atoms with Gasteiger partial charge in [-0.3, -0.25) is 14.4 Å². The van der Waals surface area contributed by atoms with Gasteiger partial charge in [-0.2, -0.15) is 0 Å². The maximum Gasteiger partial charge on any atom is 0.308 e. The fourth-order valence-electron chi connectivity index (χ4n) is 4.78. The number of pyridine rings is 1. The summed E-state index contributed by atoms with van der Waals surface area (Å²) in [6.45, 7) is 11.8. The molecule has 10 nitrogen and oxygen atoms in total. The third-order valence-electron chi connectivity index (χ3n) is 6.76. The summed E-state index contributed by atoms with van der Waals surface area (Å²) in [6.07, 6.45) is 1.37. The highest BCUT2D eigenvalue weighted by Crippen LogP contribution is 2.32. The van der Waals surface area contributed by atoms with Crippen LogP contribution in [0.15, 0.2) is 60.8 Å². The molecule has 0 radical (unpaired) electrons. The van der Waals surface area contributed by atoms with Crippen LogP contribution >= 0.6 is 0 Å². The van der Waals surface area contributed by atoms with E-state index in [0.717, 1.165) is 22.6 Å². The maximum absolute atomic E-state index is 13.7. The quantitative estimate of drug-likeness (QED) is 0.254. The van der Waals surface area contributed by atoms with Gasteiger partial charge >= 0.3 is 5.97 Å². The number of nitrogens with zero attached hydrogens (tertiary/aromatic N) is 1. The molecule has 2 atom stereocenters. The minimum atomic E-state index is -0.908. The summed E-state index contributed by atoms with van der Waals surface area (Å²) in [6, 6.07) is 15.8. The molecule has 0 fully saturated rings. The van der Waals surface area contributed by atoms with Crippen LogP contribution in [0.4, 0.5) is 0 Å². The van der Waals surface area contributed by atoms with Crippen LogP contribution in [-0.2, 0) is 9.59 Å². The molecule has 0 aliphatic heterocycles. The number of ether oxygens (including phenoxy) is 4. The molecule has 0 spiro atoms. The number of methoxy groups -OCH3 is 1. The van der Waals surface area contributed by atoms with E-state index < -0.39 is 17.9 Å². The van der Waals surface area contributed by atoms with Gasteiger partial charge in [-0.25, -0.2) is 4.98 Å². The lowest BCUT2D eigenvalue weighted by atomic mass is 9.85. The minimum Gasteiger partial charge on any atom is -0.494 e. The van der Waals surface area contributed by atoms with E-state index in [-0.39, 0.29) is 41.0 Å². The molecule has 0 aliphatic carbocycles. The molecule has 3 aromatic rings. The Morgan fingerprint density at radius 3 is 1.79 bits per heavy atom. The number of hydrogen-bond acceptors (Lipinski definition) is 8. The van der Waals surface area contributed by atoms with Gasteiger partial charge in [0.15, 0.2) is 11.4 Å². The van der Waals surface area contributed by atoms with Crippen molar-refractivity contribution in [2.24, 2.45) is 5.92 Å². The first-order valence-electron chi connectivity index (χ1n) is 14.4. The highest BCUT2D eigenvalue weighted by molar-refractivity contribution is 5.99. The van der Waals surface area contributed by atoms with Gasteiger partial charge < -0.3 is 29.6 Å². The number of esters is 1. The Bertz CT molecular complexity index is 1320. The Morgan fingerprint density at radius 1 is 0.814 bits per heavy atom. The Labute approximate surface area is 253 Å². The molecule has 3 rings (SSSR count). The predicted octanol–water partition coefficient (Wildman–Crippen LogP) is 4.90. The zero-order chi connectivity index (χ0) is 31.5. The molecule has 0 unspecified atom stereocenters. The summed E-state index contributed by atoms with van der Waals surface area (Å²) >= 11 is 0. The van der Waals surface area contributed by atoms with Gasteiger partial charge in [0, 0.05) is 31.1 Å². The monoisotopic (exact) mass is 591 g/mol. The number of rotatable bonds is 14. The molecule has 0 saturated heterocycles. The van der Waals surface area contributed by atoms with E-state index in [9.17, 15) is 14.4 Å². The number of nitrogens with one attached hydrogen (secondary N) is 2. The molecule has 0 saturated carbocycles. The first kappa shape index (κ1) is 32.9. The third-order valence-corrected chi connectivity index (χ3v) is 6.76. The number of carbonyl (C=O) groups is 3. The standard InChI is InChI=1S/C33H41N3O7/c1-8-41-25-14-10-23(11-15-25)28(24-12-16-26(17-13-24)42-9-2)21(5)35-32(38)29(20(3)4)36-33(39)30-31(43-22(6)37)27(40-7)18-19-34-30/h10-21,28-29H,8-9H2,1-7H3,(H,35,38)(H,36,39)/t21-,29-/m0/s1. The first-order valence-corrected chi connectivity index (χ1v) is 14.4. The van der Waals surface area contributed by atoms with Gasteiger partial charge in [0.2, 0.25) is 11.7 Å². The molecule has 43 heavy (non-hydrogen) atoms. The summed E-state index contributed by atoms with van der Waals surface area (Å²) < 4.78 is 21.7. The number of amides is 2. The van der Waals surface area contributed by atoms with E-state index in [1.165, 1.54) is 26.3 Å². The molecular formula is C33H41N3O7. The SMILES string of the molecule is CCOc1ccc(C(c2ccc(OCC)cc2)[C@H](C)NC(=O)[C@@H](NC(=O)c2nccc(OC)c2OC(C)=O)C(C)C)cc1. The summed E-state index contributed by atoms with van der Waals surface area (Å²) in [5.41, 5.74) is 1.80. The molecule has 230 valence electrons. The normalized spacial score (nSPS) is 12.3. The van der Waals surface area contributed by atoms with Crippen molar-refractivity contribution in [2.45, 2.75) is 59.5 Å². The van der Waals surface area contributed by atoms with Gasteiger partial charge in [0.05, 0.1) is 20.3 Å². The fourth-order valence-corrected chi connectivity index (χ4v) is 4.78. The summed E-state index contributed by atoms with van der Waals surface area (Å²) in [7, 11) is 1.39. The van der Waals surface area contributed by atoms with E-state index in [2.05, 4.69) is 15.6 Å². The summed E-state index contributed by atoms with van der Waals surface area (Å²) in [5.74, 6) is -0.587. The smallest absolute Gasteiger partial charge is 0.308 e. The number of aromatic nitrogens is 1. The van der Waals surface area contributed by atoms with Gasteiger partial charge in [-0.1, -0.05) is 38.1 Å². The predicted molar refractivity (Wildman–Crippen MR) is 163 cm³/mol. The van der Waals surface area contributed by atoms with Crippen LogP contribution in [0.5, 0.6) is 23.0 Å². The lowest BCUT2D eigenvalue weighted by molar-refractivity contribution is -0.132. The van der Waals surface area contributed by atoms with Crippen LogP contribution in [0.1, 0.15) is 69.1 Å². The fraction of sp³-hybridized carbons (Fsp3) is 0.394. The maximum atomic E-state index is 13.7.